The fourth-order valence-corrected chi connectivity index (χ4v) is 2.72. The molecule has 0 radical (unpaired) electrons. The molecule has 0 aromatic carbocycles. The van der Waals surface area contributed by atoms with Crippen LogP contribution in [-0.4, -0.2) is 0 Å². The third-order valence-corrected chi connectivity index (χ3v) is 5.11. The van der Waals surface area contributed by atoms with E-state index in [0.29, 0.717) is 0 Å². The normalized spacial score (nSPS) is 24.7. The van der Waals surface area contributed by atoms with Crippen LogP contribution in [0.5, 0.6) is 0 Å². The fourth-order valence-electron chi connectivity index (χ4n) is 2.72. The third kappa shape index (κ3) is 7.44. The lowest BCUT2D eigenvalue weighted by molar-refractivity contribution is 0.234. The highest BCUT2D eigenvalue weighted by molar-refractivity contribution is 4.71. The van der Waals surface area contributed by atoms with Gasteiger partial charge in [0.2, 0.25) is 0 Å². The maximum atomic E-state index is 2.39. The molecule has 1 aliphatic rings. The van der Waals surface area contributed by atoms with E-state index in [0.717, 1.165) is 35.5 Å². The van der Waals surface area contributed by atoms with Crippen molar-refractivity contribution in [2.75, 3.05) is 0 Å². The Morgan fingerprint density at radius 1 is 0.667 bits per heavy atom. The summed E-state index contributed by atoms with van der Waals surface area (Å²) >= 11 is 0. The van der Waals surface area contributed by atoms with Gasteiger partial charge in [0.25, 0.3) is 0 Å². The van der Waals surface area contributed by atoms with Gasteiger partial charge in [-0.1, -0.05) is 68.2 Å². The van der Waals surface area contributed by atoms with Gasteiger partial charge in [0.1, 0.15) is 0 Å². The van der Waals surface area contributed by atoms with Crippen molar-refractivity contribution >= 4 is 0 Å². The van der Waals surface area contributed by atoms with E-state index in [9.17, 15) is 0 Å². The molecule has 0 aromatic heterocycles. The second-order valence-electron chi connectivity index (χ2n) is 7.61. The van der Waals surface area contributed by atoms with E-state index in [1.807, 2.05) is 0 Å². The Labute approximate surface area is 117 Å². The van der Waals surface area contributed by atoms with Crippen molar-refractivity contribution in [1.82, 2.24) is 0 Å². The Morgan fingerprint density at radius 3 is 1.28 bits per heavy atom. The van der Waals surface area contributed by atoms with Crippen molar-refractivity contribution in [2.45, 2.75) is 81.1 Å². The van der Waals surface area contributed by atoms with Crippen molar-refractivity contribution in [3.8, 4) is 0 Å². The van der Waals surface area contributed by atoms with Gasteiger partial charge in [0.05, 0.1) is 0 Å². The van der Waals surface area contributed by atoms with Gasteiger partial charge >= 0.3 is 0 Å². The highest BCUT2D eigenvalue weighted by Crippen LogP contribution is 2.32. The molecule has 0 amide bonds. The molecule has 0 bridgehead atoms. The van der Waals surface area contributed by atoms with Gasteiger partial charge in [-0.15, -0.1) is 0 Å². The van der Waals surface area contributed by atoms with E-state index >= 15 is 0 Å². The van der Waals surface area contributed by atoms with Crippen LogP contribution in [0.2, 0.25) is 0 Å². The highest BCUT2D eigenvalue weighted by atomic mass is 14.3. The molecule has 0 nitrogen and oxygen atoms in total. The zero-order valence-electron chi connectivity index (χ0n) is 14.3. The molecule has 0 saturated heterocycles. The van der Waals surface area contributed by atoms with Gasteiger partial charge in [-0.2, -0.15) is 0 Å². The first-order valence-corrected chi connectivity index (χ1v) is 8.25. The molecule has 0 aliphatic heterocycles. The lowest BCUT2D eigenvalue weighted by Gasteiger charge is -2.28. The number of hydrogen-bond acceptors (Lipinski definition) is 0. The van der Waals surface area contributed by atoms with Crippen molar-refractivity contribution in [1.29, 1.82) is 0 Å². The van der Waals surface area contributed by atoms with Crippen molar-refractivity contribution in [2.24, 2.45) is 35.5 Å². The van der Waals surface area contributed by atoms with Crippen molar-refractivity contribution < 1.29 is 0 Å². The molecule has 0 unspecified atom stereocenters. The molecule has 1 aliphatic carbocycles. The van der Waals surface area contributed by atoms with E-state index in [2.05, 4.69) is 55.4 Å². The summed E-state index contributed by atoms with van der Waals surface area (Å²) in [7, 11) is 0. The van der Waals surface area contributed by atoms with Crippen LogP contribution >= 0.6 is 0 Å². The Balaban J connectivity index is 0.000000331. The van der Waals surface area contributed by atoms with Crippen LogP contribution in [0.1, 0.15) is 81.1 Å². The molecule has 1 saturated carbocycles. The maximum absolute atomic E-state index is 2.39. The van der Waals surface area contributed by atoms with E-state index in [-0.39, 0.29) is 0 Å². The second-order valence-corrected chi connectivity index (χ2v) is 7.61. The first-order chi connectivity index (χ1) is 8.25. The van der Waals surface area contributed by atoms with Gasteiger partial charge in [0, 0.05) is 0 Å². The van der Waals surface area contributed by atoms with E-state index in [1.54, 1.807) is 0 Å². The molecule has 1 fully saturated rings. The SMILES string of the molecule is CC(C)C(C)C(C)C.CC1CCC(C(C)C)CC1. The number of rotatable bonds is 3. The van der Waals surface area contributed by atoms with E-state index < -0.39 is 0 Å². The summed E-state index contributed by atoms with van der Waals surface area (Å²) < 4.78 is 0. The average Bonchev–Trinajstić information content (AvgIpc) is 2.29. The Morgan fingerprint density at radius 2 is 1.06 bits per heavy atom. The summed E-state index contributed by atoms with van der Waals surface area (Å²) in [5.41, 5.74) is 0. The monoisotopic (exact) mass is 254 g/mol. The van der Waals surface area contributed by atoms with E-state index in [1.165, 1.54) is 25.7 Å². The molecule has 1 rings (SSSR count). The van der Waals surface area contributed by atoms with E-state index in [4.69, 9.17) is 0 Å². The zero-order valence-corrected chi connectivity index (χ0v) is 14.3. The minimum Gasteiger partial charge on any atom is -0.0625 e. The Hall–Kier alpha value is 0. The molecule has 0 spiro atoms. The van der Waals surface area contributed by atoms with Crippen LogP contribution in [-0.2, 0) is 0 Å². The van der Waals surface area contributed by atoms with Gasteiger partial charge < -0.3 is 0 Å². The predicted molar refractivity (Wildman–Crippen MR) is 84.8 cm³/mol. The molecular formula is C18H38. The molecule has 0 atom stereocenters. The smallest absolute Gasteiger partial charge is 0.0391 e. The standard InChI is InChI=1S/C10H20.C8H18/c1-8(2)10-6-4-9(3)5-7-10;1-6(2)8(5)7(3)4/h8-10H,4-7H2,1-3H3;6-8H,1-5H3. The summed E-state index contributed by atoms with van der Waals surface area (Å²) in [6.07, 6.45) is 5.92. The van der Waals surface area contributed by atoms with Gasteiger partial charge in [-0.05, 0) is 48.3 Å². The fraction of sp³-hybridized carbons (Fsp3) is 1.00. The number of hydrogen-bond donors (Lipinski definition) is 0. The predicted octanol–water partition coefficient (Wildman–Crippen LogP) is 6.40. The first kappa shape index (κ1) is 18.0. The summed E-state index contributed by atoms with van der Waals surface area (Å²) in [6.45, 7) is 18.6. The minimum atomic E-state index is 0.843. The van der Waals surface area contributed by atoms with Gasteiger partial charge in [0.15, 0.2) is 0 Å². The quantitative estimate of drug-likeness (QED) is 0.546. The van der Waals surface area contributed by atoms with Crippen LogP contribution in [0.25, 0.3) is 0 Å². The summed E-state index contributed by atoms with van der Waals surface area (Å²) in [6, 6.07) is 0. The van der Waals surface area contributed by atoms with Gasteiger partial charge in [-0.25, -0.2) is 0 Å². The third-order valence-electron chi connectivity index (χ3n) is 5.11. The minimum absolute atomic E-state index is 0.843. The Kier molecular flexibility index (Phi) is 8.99. The lowest BCUT2D eigenvalue weighted by atomic mass is 9.78. The maximum Gasteiger partial charge on any atom is -0.0391 e. The van der Waals surface area contributed by atoms with Gasteiger partial charge in [-0.3, -0.25) is 0 Å². The zero-order chi connectivity index (χ0) is 14.3. The first-order valence-electron chi connectivity index (χ1n) is 8.25. The van der Waals surface area contributed by atoms with Crippen molar-refractivity contribution in [3.05, 3.63) is 0 Å². The lowest BCUT2D eigenvalue weighted by Crippen LogP contribution is -2.16. The molecule has 0 heteroatoms. The summed E-state index contributed by atoms with van der Waals surface area (Å²) in [4.78, 5) is 0. The topological polar surface area (TPSA) is 0 Å². The Bertz CT molecular complexity index is 174. The van der Waals surface area contributed by atoms with Crippen LogP contribution in [0, 0.1) is 35.5 Å². The molecule has 18 heavy (non-hydrogen) atoms. The molecular weight excluding hydrogens is 216 g/mol. The molecule has 0 heterocycles. The average molecular weight is 255 g/mol. The van der Waals surface area contributed by atoms with Crippen LogP contribution in [0.15, 0.2) is 0 Å². The van der Waals surface area contributed by atoms with Crippen molar-refractivity contribution in [3.63, 3.8) is 0 Å². The summed E-state index contributed by atoms with van der Waals surface area (Å²) in [5, 5.41) is 0. The molecule has 0 aromatic rings. The van der Waals surface area contributed by atoms with Crippen LogP contribution in [0.3, 0.4) is 0 Å². The summed E-state index contributed by atoms with van der Waals surface area (Å²) in [5.74, 6) is 5.53. The van der Waals surface area contributed by atoms with Crippen LogP contribution in [0.4, 0.5) is 0 Å². The largest absolute Gasteiger partial charge is 0.0625 e. The molecule has 110 valence electrons. The molecule has 0 N–H and O–H groups in total. The second kappa shape index (κ2) is 8.99. The highest BCUT2D eigenvalue weighted by Gasteiger charge is 2.20. The van der Waals surface area contributed by atoms with Crippen LogP contribution < -0.4 is 0 Å².